The van der Waals surface area contributed by atoms with E-state index in [1.54, 1.807) is 24.3 Å². The monoisotopic (exact) mass is 437 g/mol. The number of amides is 1. The number of rotatable bonds is 5. The van der Waals surface area contributed by atoms with E-state index in [4.69, 9.17) is 9.90 Å². The van der Waals surface area contributed by atoms with Crippen molar-refractivity contribution in [2.75, 3.05) is 19.6 Å². The van der Waals surface area contributed by atoms with Crippen molar-refractivity contribution in [1.82, 2.24) is 14.8 Å². The van der Waals surface area contributed by atoms with Crippen molar-refractivity contribution in [3.05, 3.63) is 65.9 Å². The van der Waals surface area contributed by atoms with Crippen LogP contribution in [0, 0.1) is 5.41 Å². The van der Waals surface area contributed by atoms with Crippen molar-refractivity contribution in [2.45, 2.75) is 26.3 Å². The molecule has 0 atom stereocenters. The second-order valence-electron chi connectivity index (χ2n) is 8.70. The Morgan fingerprint density at radius 1 is 1.12 bits per heavy atom. The summed E-state index contributed by atoms with van der Waals surface area (Å²) < 4.78 is 2.21. The lowest BCUT2D eigenvalue weighted by Crippen LogP contribution is -2.44. The van der Waals surface area contributed by atoms with E-state index in [0.29, 0.717) is 12.1 Å². The molecule has 1 amide bonds. The second kappa shape index (κ2) is 10.3. The zero-order valence-corrected chi connectivity index (χ0v) is 18.6. The fourth-order valence-corrected chi connectivity index (χ4v) is 4.23. The predicted octanol–water partition coefficient (Wildman–Crippen LogP) is 3.62. The Hall–Kier alpha value is -3.32. The number of carbonyl (C=O) groups excluding carboxylic acids is 1. The summed E-state index contributed by atoms with van der Waals surface area (Å²) >= 11 is 0. The van der Waals surface area contributed by atoms with Crippen LogP contribution >= 0.6 is 0 Å². The van der Waals surface area contributed by atoms with Gasteiger partial charge in [-0.2, -0.15) is 0 Å². The molecule has 0 radical (unpaired) electrons. The van der Waals surface area contributed by atoms with E-state index >= 15 is 0 Å². The lowest BCUT2D eigenvalue weighted by Gasteiger charge is -2.39. The molecular formula is C25H31N3O4. The highest BCUT2D eigenvalue weighted by Gasteiger charge is 2.30. The number of phenols is 1. The number of aryl methyl sites for hydroxylation is 1. The van der Waals surface area contributed by atoms with Crippen molar-refractivity contribution in [3.63, 3.8) is 0 Å². The third-order valence-corrected chi connectivity index (χ3v) is 6.24. The van der Waals surface area contributed by atoms with Gasteiger partial charge < -0.3 is 20.1 Å². The molecule has 1 fully saturated rings. The predicted molar refractivity (Wildman–Crippen MR) is 125 cm³/mol. The fraction of sp³-hybridized carbons (Fsp3) is 0.360. The number of likely N-dealkylation sites (tertiary alicyclic amines) is 1. The molecule has 0 aliphatic carbocycles. The van der Waals surface area contributed by atoms with Gasteiger partial charge in [0.1, 0.15) is 5.75 Å². The van der Waals surface area contributed by atoms with E-state index in [-0.39, 0.29) is 23.5 Å². The standard InChI is InChI=1S/C24H29N3O2.CH2O2/c1-24(17-25-23(29)18-7-9-20(28)10-8-18)11-13-27(14-12-24)16-19-15-26(2)22-6-4-3-5-21(19)22;2-1-3/h3-10,15,28H,11-14,16-17H2,1-2H3,(H,25,29);1H,(H,2,3). The van der Waals surface area contributed by atoms with Crippen molar-refractivity contribution in [3.8, 4) is 5.75 Å². The third kappa shape index (κ3) is 5.68. The summed E-state index contributed by atoms with van der Waals surface area (Å²) in [6.45, 7) is 5.73. The molecule has 4 rings (SSSR count). The van der Waals surface area contributed by atoms with E-state index < -0.39 is 0 Å². The van der Waals surface area contributed by atoms with E-state index in [1.807, 2.05) is 0 Å². The molecular weight excluding hydrogens is 406 g/mol. The molecule has 1 saturated heterocycles. The summed E-state index contributed by atoms with van der Waals surface area (Å²) in [4.78, 5) is 23.2. The number of nitrogens with zero attached hydrogens (tertiary/aromatic N) is 2. The number of benzene rings is 2. The molecule has 1 aliphatic heterocycles. The normalized spacial score (nSPS) is 15.6. The Morgan fingerprint density at radius 3 is 2.41 bits per heavy atom. The zero-order chi connectivity index (χ0) is 23.1. The van der Waals surface area contributed by atoms with Gasteiger partial charge in [0.05, 0.1) is 0 Å². The molecule has 0 saturated carbocycles. The number of nitrogens with one attached hydrogen (secondary N) is 1. The molecule has 7 heteroatoms. The first-order valence-electron chi connectivity index (χ1n) is 10.8. The number of piperidine rings is 1. The minimum absolute atomic E-state index is 0.0793. The van der Waals surface area contributed by atoms with Gasteiger partial charge in [0, 0.05) is 42.8 Å². The van der Waals surface area contributed by atoms with Gasteiger partial charge in [-0.1, -0.05) is 25.1 Å². The van der Waals surface area contributed by atoms with Crippen LogP contribution < -0.4 is 5.32 Å². The van der Waals surface area contributed by atoms with Crippen molar-refractivity contribution < 1.29 is 19.8 Å². The van der Waals surface area contributed by atoms with Crippen LogP contribution in [-0.4, -0.2) is 51.7 Å². The fourth-order valence-electron chi connectivity index (χ4n) is 4.23. The summed E-state index contributed by atoms with van der Waals surface area (Å²) in [6, 6.07) is 15.0. The van der Waals surface area contributed by atoms with Gasteiger partial charge in [-0.05, 0) is 67.2 Å². The number of phenolic OH excluding ortho intramolecular Hbond substituents is 1. The van der Waals surface area contributed by atoms with Gasteiger partial charge in [0.25, 0.3) is 12.4 Å². The number of hydrogen-bond donors (Lipinski definition) is 3. The molecule has 2 aromatic carbocycles. The summed E-state index contributed by atoms with van der Waals surface area (Å²) in [5.74, 6) is 0.0940. The molecule has 1 aromatic heterocycles. The van der Waals surface area contributed by atoms with Gasteiger partial charge in [-0.3, -0.25) is 14.5 Å². The lowest BCUT2D eigenvalue weighted by atomic mass is 9.80. The molecule has 2 heterocycles. The highest BCUT2D eigenvalue weighted by atomic mass is 16.3. The van der Waals surface area contributed by atoms with E-state index in [9.17, 15) is 9.90 Å². The SMILES string of the molecule is Cn1cc(CN2CCC(C)(CNC(=O)c3ccc(O)cc3)CC2)c2ccccc21.O=CO. The third-order valence-electron chi connectivity index (χ3n) is 6.24. The average molecular weight is 438 g/mol. The van der Waals surface area contributed by atoms with Gasteiger partial charge in [0.2, 0.25) is 0 Å². The number of carbonyl (C=O) groups is 2. The first-order valence-corrected chi connectivity index (χ1v) is 10.8. The Balaban J connectivity index is 0.000000913. The van der Waals surface area contributed by atoms with Gasteiger partial charge in [-0.25, -0.2) is 0 Å². The molecule has 32 heavy (non-hydrogen) atoms. The molecule has 1 aliphatic rings. The maximum atomic E-state index is 12.4. The summed E-state index contributed by atoms with van der Waals surface area (Å²) in [7, 11) is 2.11. The van der Waals surface area contributed by atoms with Gasteiger partial charge in [0.15, 0.2) is 0 Å². The molecule has 170 valence electrons. The van der Waals surface area contributed by atoms with Crippen LogP contribution in [0.15, 0.2) is 54.7 Å². The molecule has 3 N–H and O–H groups in total. The highest BCUT2D eigenvalue weighted by Crippen LogP contribution is 2.32. The molecule has 7 nitrogen and oxygen atoms in total. The number of aromatic nitrogens is 1. The van der Waals surface area contributed by atoms with Gasteiger partial charge >= 0.3 is 0 Å². The Morgan fingerprint density at radius 2 is 1.75 bits per heavy atom. The van der Waals surface area contributed by atoms with Crippen LogP contribution in [0.5, 0.6) is 5.75 Å². The molecule has 3 aromatic rings. The molecule has 0 bridgehead atoms. The zero-order valence-electron chi connectivity index (χ0n) is 18.6. The number of fused-ring (bicyclic) bond motifs is 1. The van der Waals surface area contributed by atoms with Crippen LogP contribution in [-0.2, 0) is 18.4 Å². The van der Waals surface area contributed by atoms with Crippen LogP contribution in [0.2, 0.25) is 0 Å². The van der Waals surface area contributed by atoms with E-state index in [1.165, 1.54) is 16.5 Å². The van der Waals surface area contributed by atoms with E-state index in [2.05, 4.69) is 59.2 Å². The minimum atomic E-state index is -0.250. The number of hydrogen-bond acceptors (Lipinski definition) is 4. The quantitative estimate of drug-likeness (QED) is 0.530. The van der Waals surface area contributed by atoms with Crippen LogP contribution in [0.25, 0.3) is 10.9 Å². The first-order chi connectivity index (χ1) is 15.3. The largest absolute Gasteiger partial charge is 0.508 e. The highest BCUT2D eigenvalue weighted by molar-refractivity contribution is 5.94. The lowest BCUT2D eigenvalue weighted by molar-refractivity contribution is -0.122. The smallest absolute Gasteiger partial charge is 0.290 e. The van der Waals surface area contributed by atoms with Crippen molar-refractivity contribution in [2.24, 2.45) is 12.5 Å². The van der Waals surface area contributed by atoms with Crippen LogP contribution in [0.1, 0.15) is 35.7 Å². The Bertz CT molecular complexity index is 1050. The number of para-hydroxylation sites is 1. The van der Waals surface area contributed by atoms with Crippen LogP contribution in [0.3, 0.4) is 0 Å². The Kier molecular flexibility index (Phi) is 7.53. The number of carboxylic acid groups (broad SMARTS) is 1. The van der Waals surface area contributed by atoms with E-state index in [0.717, 1.165) is 32.5 Å². The van der Waals surface area contributed by atoms with Crippen LogP contribution in [0.4, 0.5) is 0 Å². The minimum Gasteiger partial charge on any atom is -0.508 e. The Labute approximate surface area is 188 Å². The summed E-state index contributed by atoms with van der Waals surface area (Å²) in [6.07, 6.45) is 4.37. The summed E-state index contributed by atoms with van der Waals surface area (Å²) in [5, 5.41) is 20.7. The maximum Gasteiger partial charge on any atom is 0.290 e. The number of aromatic hydroxyl groups is 1. The average Bonchev–Trinajstić information content (AvgIpc) is 3.10. The summed E-state index contributed by atoms with van der Waals surface area (Å²) in [5.41, 5.74) is 3.36. The molecule has 0 spiro atoms. The van der Waals surface area contributed by atoms with Crippen molar-refractivity contribution >= 4 is 23.3 Å². The van der Waals surface area contributed by atoms with Gasteiger partial charge in [-0.15, -0.1) is 0 Å². The first kappa shape index (κ1) is 23.3. The van der Waals surface area contributed by atoms with Crippen molar-refractivity contribution in [1.29, 1.82) is 0 Å². The molecule has 0 unspecified atom stereocenters. The topological polar surface area (TPSA) is 94.8 Å². The second-order valence-corrected chi connectivity index (χ2v) is 8.70. The maximum absolute atomic E-state index is 12.4.